The SMILES string of the molecule is CCCC1CNCCN1C(=O)CC(N)=O.Cl. The summed E-state index contributed by atoms with van der Waals surface area (Å²) < 4.78 is 0. The number of amides is 2. The lowest BCUT2D eigenvalue weighted by Gasteiger charge is -2.36. The van der Waals surface area contributed by atoms with Crippen LogP contribution in [-0.2, 0) is 9.59 Å². The zero-order valence-electron chi connectivity index (χ0n) is 9.57. The van der Waals surface area contributed by atoms with Gasteiger partial charge in [0, 0.05) is 25.7 Å². The highest BCUT2D eigenvalue weighted by atomic mass is 35.5. The predicted molar refractivity (Wildman–Crippen MR) is 64.3 cm³/mol. The number of hydrogen-bond acceptors (Lipinski definition) is 3. The highest BCUT2D eigenvalue weighted by molar-refractivity contribution is 5.96. The highest BCUT2D eigenvalue weighted by Crippen LogP contribution is 2.10. The number of nitrogens with one attached hydrogen (secondary N) is 1. The van der Waals surface area contributed by atoms with Crippen molar-refractivity contribution < 1.29 is 9.59 Å². The van der Waals surface area contributed by atoms with Crippen LogP contribution in [0.1, 0.15) is 26.2 Å². The van der Waals surface area contributed by atoms with Crippen LogP contribution in [0.15, 0.2) is 0 Å². The number of carbonyl (C=O) groups excluding carboxylic acids is 2. The molecule has 0 bridgehead atoms. The summed E-state index contributed by atoms with van der Waals surface area (Å²) in [6.07, 6.45) is 1.84. The summed E-state index contributed by atoms with van der Waals surface area (Å²) in [4.78, 5) is 24.1. The molecule has 1 fully saturated rings. The molecule has 1 atom stereocenters. The molecule has 1 heterocycles. The summed E-state index contributed by atoms with van der Waals surface area (Å²) in [6, 6.07) is 0.218. The second kappa shape index (κ2) is 7.46. The molecule has 1 saturated heterocycles. The largest absolute Gasteiger partial charge is 0.369 e. The lowest BCUT2D eigenvalue weighted by molar-refractivity contribution is -0.137. The average molecular weight is 250 g/mol. The quantitative estimate of drug-likeness (QED) is 0.683. The first-order valence-corrected chi connectivity index (χ1v) is 5.43. The van der Waals surface area contributed by atoms with Crippen LogP contribution in [0.4, 0.5) is 0 Å². The molecule has 0 aliphatic carbocycles. The van der Waals surface area contributed by atoms with Crippen molar-refractivity contribution in [2.45, 2.75) is 32.2 Å². The van der Waals surface area contributed by atoms with Gasteiger partial charge in [-0.15, -0.1) is 12.4 Å². The van der Waals surface area contributed by atoms with Gasteiger partial charge in [0.1, 0.15) is 6.42 Å². The van der Waals surface area contributed by atoms with Gasteiger partial charge in [-0.25, -0.2) is 0 Å². The minimum Gasteiger partial charge on any atom is -0.369 e. The van der Waals surface area contributed by atoms with Crippen LogP contribution in [0.2, 0.25) is 0 Å². The zero-order valence-corrected chi connectivity index (χ0v) is 10.4. The smallest absolute Gasteiger partial charge is 0.232 e. The average Bonchev–Trinajstić information content (AvgIpc) is 2.18. The minimum atomic E-state index is -0.547. The van der Waals surface area contributed by atoms with E-state index in [0.29, 0.717) is 6.54 Å². The molecule has 0 aromatic carbocycles. The van der Waals surface area contributed by atoms with Gasteiger partial charge < -0.3 is 16.0 Å². The Kier molecular flexibility index (Phi) is 7.08. The Labute approximate surface area is 102 Å². The van der Waals surface area contributed by atoms with Crippen molar-refractivity contribution in [3.8, 4) is 0 Å². The number of nitrogens with zero attached hydrogens (tertiary/aromatic N) is 1. The normalized spacial score (nSPS) is 20.1. The molecule has 0 radical (unpaired) electrons. The van der Waals surface area contributed by atoms with Crippen LogP contribution < -0.4 is 11.1 Å². The maximum absolute atomic E-state index is 11.7. The van der Waals surface area contributed by atoms with E-state index in [0.717, 1.165) is 25.9 Å². The van der Waals surface area contributed by atoms with Crippen LogP contribution in [0.3, 0.4) is 0 Å². The molecule has 16 heavy (non-hydrogen) atoms. The molecule has 0 spiro atoms. The van der Waals surface area contributed by atoms with Gasteiger partial charge >= 0.3 is 0 Å². The maximum Gasteiger partial charge on any atom is 0.232 e. The van der Waals surface area contributed by atoms with E-state index in [1.807, 2.05) is 0 Å². The van der Waals surface area contributed by atoms with E-state index < -0.39 is 5.91 Å². The first-order valence-electron chi connectivity index (χ1n) is 5.43. The third-order valence-electron chi connectivity index (χ3n) is 2.62. The lowest BCUT2D eigenvalue weighted by atomic mass is 10.1. The molecular formula is C10H20ClN3O2. The van der Waals surface area contributed by atoms with Gasteiger partial charge in [-0.2, -0.15) is 0 Å². The number of carbonyl (C=O) groups is 2. The number of nitrogens with two attached hydrogens (primary N) is 1. The second-order valence-electron chi connectivity index (χ2n) is 3.88. The first kappa shape index (κ1) is 15.2. The molecule has 3 N–H and O–H groups in total. The van der Waals surface area contributed by atoms with Gasteiger partial charge in [0.25, 0.3) is 0 Å². The standard InChI is InChI=1S/C10H19N3O2.ClH/c1-2-3-8-7-12-4-5-13(8)10(15)6-9(11)14;/h8,12H,2-7H2,1H3,(H2,11,14);1H. The molecule has 0 saturated carbocycles. The number of hydrogen-bond donors (Lipinski definition) is 2. The van der Waals surface area contributed by atoms with Crippen molar-refractivity contribution >= 4 is 24.2 Å². The fourth-order valence-corrected chi connectivity index (χ4v) is 1.93. The molecule has 5 nitrogen and oxygen atoms in total. The van der Waals surface area contributed by atoms with Crippen molar-refractivity contribution in [3.63, 3.8) is 0 Å². The van der Waals surface area contributed by atoms with E-state index in [9.17, 15) is 9.59 Å². The Morgan fingerprint density at radius 3 is 2.75 bits per heavy atom. The molecule has 0 aromatic heterocycles. The number of primary amides is 1. The summed E-state index contributed by atoms with van der Waals surface area (Å²) in [5.41, 5.74) is 5.02. The van der Waals surface area contributed by atoms with E-state index in [1.165, 1.54) is 0 Å². The first-order chi connectivity index (χ1) is 7.15. The van der Waals surface area contributed by atoms with Crippen molar-refractivity contribution in [3.05, 3.63) is 0 Å². The molecule has 6 heteroatoms. The van der Waals surface area contributed by atoms with Crippen LogP contribution in [0.25, 0.3) is 0 Å². The van der Waals surface area contributed by atoms with Crippen LogP contribution in [-0.4, -0.2) is 42.4 Å². The van der Waals surface area contributed by atoms with Gasteiger partial charge in [-0.1, -0.05) is 13.3 Å². The Balaban J connectivity index is 0.00000225. The second-order valence-corrected chi connectivity index (χ2v) is 3.88. The summed E-state index contributed by atoms with van der Waals surface area (Å²) in [5, 5.41) is 3.25. The third-order valence-corrected chi connectivity index (χ3v) is 2.62. The Morgan fingerprint density at radius 1 is 1.50 bits per heavy atom. The van der Waals surface area contributed by atoms with E-state index in [1.54, 1.807) is 4.90 Å². The van der Waals surface area contributed by atoms with E-state index in [4.69, 9.17) is 5.73 Å². The minimum absolute atomic E-state index is 0. The molecule has 0 aromatic rings. The molecule has 1 unspecified atom stereocenters. The van der Waals surface area contributed by atoms with E-state index in [-0.39, 0.29) is 30.8 Å². The number of halogens is 1. The Hall–Kier alpha value is -0.810. The van der Waals surface area contributed by atoms with Gasteiger partial charge in [0.05, 0.1) is 0 Å². The Bertz CT molecular complexity index is 246. The molecule has 1 aliphatic heterocycles. The van der Waals surface area contributed by atoms with Gasteiger partial charge in [0.2, 0.25) is 11.8 Å². The van der Waals surface area contributed by atoms with Crippen LogP contribution in [0, 0.1) is 0 Å². The monoisotopic (exact) mass is 249 g/mol. The van der Waals surface area contributed by atoms with E-state index in [2.05, 4.69) is 12.2 Å². The summed E-state index contributed by atoms with van der Waals surface area (Å²) in [6.45, 7) is 4.38. The van der Waals surface area contributed by atoms with Crippen molar-refractivity contribution in [2.75, 3.05) is 19.6 Å². The fourth-order valence-electron chi connectivity index (χ4n) is 1.93. The van der Waals surface area contributed by atoms with Crippen LogP contribution >= 0.6 is 12.4 Å². The third kappa shape index (κ3) is 4.37. The zero-order chi connectivity index (χ0) is 11.3. The summed E-state index contributed by atoms with van der Waals surface area (Å²) in [5.74, 6) is -0.684. The Morgan fingerprint density at radius 2 is 2.19 bits per heavy atom. The maximum atomic E-state index is 11.7. The van der Waals surface area contributed by atoms with E-state index >= 15 is 0 Å². The molecule has 94 valence electrons. The summed E-state index contributed by atoms with van der Waals surface area (Å²) in [7, 11) is 0. The van der Waals surface area contributed by atoms with Crippen LogP contribution in [0.5, 0.6) is 0 Å². The molecular weight excluding hydrogens is 230 g/mol. The van der Waals surface area contributed by atoms with Crippen molar-refractivity contribution in [1.29, 1.82) is 0 Å². The molecule has 2 amide bonds. The molecule has 1 aliphatic rings. The topological polar surface area (TPSA) is 75.4 Å². The van der Waals surface area contributed by atoms with Gasteiger partial charge in [-0.3, -0.25) is 9.59 Å². The van der Waals surface area contributed by atoms with Gasteiger partial charge in [-0.05, 0) is 6.42 Å². The highest BCUT2D eigenvalue weighted by Gasteiger charge is 2.26. The van der Waals surface area contributed by atoms with Crippen molar-refractivity contribution in [1.82, 2.24) is 10.2 Å². The fraction of sp³-hybridized carbons (Fsp3) is 0.800. The lowest BCUT2D eigenvalue weighted by Crippen LogP contribution is -2.54. The van der Waals surface area contributed by atoms with Gasteiger partial charge in [0.15, 0.2) is 0 Å². The predicted octanol–water partition coefficient (Wildman–Crippen LogP) is -0.116. The number of rotatable bonds is 4. The van der Waals surface area contributed by atoms with Crippen molar-refractivity contribution in [2.24, 2.45) is 5.73 Å². The summed E-state index contributed by atoms with van der Waals surface area (Å²) >= 11 is 0. The molecule has 1 rings (SSSR count). The number of piperazine rings is 1.